The van der Waals surface area contributed by atoms with Gasteiger partial charge in [0.05, 0.1) is 6.61 Å². The van der Waals surface area contributed by atoms with Crippen molar-refractivity contribution in [3.8, 4) is 0 Å². The van der Waals surface area contributed by atoms with Crippen LogP contribution in [0.1, 0.15) is 13.3 Å². The van der Waals surface area contributed by atoms with Gasteiger partial charge in [-0.15, -0.1) is 0 Å². The molecular weight excluding hydrogens is 116 g/mol. The lowest BCUT2D eigenvalue weighted by atomic mass is 10.3. The average molecular weight is 128 g/mol. The zero-order valence-electron chi connectivity index (χ0n) is 5.89. The highest BCUT2D eigenvalue weighted by Gasteiger charge is 1.86. The summed E-state index contributed by atoms with van der Waals surface area (Å²) in [6, 6.07) is 0. The highest BCUT2D eigenvalue weighted by molar-refractivity contribution is 5.89. The van der Waals surface area contributed by atoms with Crippen LogP contribution < -0.4 is 0 Å². The van der Waals surface area contributed by atoms with Gasteiger partial charge in [-0.05, 0) is 6.08 Å². The number of rotatable bonds is 4. The lowest BCUT2D eigenvalue weighted by Gasteiger charge is -1.86. The van der Waals surface area contributed by atoms with E-state index in [0.717, 1.165) is 0 Å². The van der Waals surface area contributed by atoms with Crippen molar-refractivity contribution in [2.24, 2.45) is 0 Å². The van der Waals surface area contributed by atoms with Crippen molar-refractivity contribution in [3.63, 3.8) is 0 Å². The molecule has 0 rings (SSSR count). The number of methoxy groups -OCH3 is 1. The quantitative estimate of drug-likeness (QED) is 0.531. The van der Waals surface area contributed by atoms with E-state index in [9.17, 15) is 4.79 Å². The van der Waals surface area contributed by atoms with Crippen LogP contribution >= 0.6 is 0 Å². The SMILES string of the molecule is CCC(=O)C=CCOC. The summed E-state index contributed by atoms with van der Waals surface area (Å²) in [5, 5.41) is 0. The molecule has 0 amide bonds. The summed E-state index contributed by atoms with van der Waals surface area (Å²) in [6.45, 7) is 2.35. The number of hydrogen-bond acceptors (Lipinski definition) is 2. The summed E-state index contributed by atoms with van der Waals surface area (Å²) >= 11 is 0. The Kier molecular flexibility index (Phi) is 5.12. The van der Waals surface area contributed by atoms with Crippen molar-refractivity contribution >= 4 is 5.78 Å². The molecule has 2 nitrogen and oxygen atoms in total. The van der Waals surface area contributed by atoms with Gasteiger partial charge in [0.25, 0.3) is 0 Å². The Morgan fingerprint density at radius 2 is 2.33 bits per heavy atom. The molecule has 0 unspecified atom stereocenters. The van der Waals surface area contributed by atoms with E-state index in [4.69, 9.17) is 4.74 Å². The van der Waals surface area contributed by atoms with Crippen molar-refractivity contribution in [2.45, 2.75) is 13.3 Å². The number of ether oxygens (including phenoxy) is 1. The van der Waals surface area contributed by atoms with Crippen LogP contribution in [0.15, 0.2) is 12.2 Å². The second-order valence-corrected chi connectivity index (χ2v) is 1.68. The van der Waals surface area contributed by atoms with Crippen molar-refractivity contribution in [1.82, 2.24) is 0 Å². The highest BCUT2D eigenvalue weighted by atomic mass is 16.5. The number of hydrogen-bond donors (Lipinski definition) is 0. The predicted octanol–water partition coefficient (Wildman–Crippen LogP) is 1.17. The fourth-order valence-electron chi connectivity index (χ4n) is 0.394. The van der Waals surface area contributed by atoms with Gasteiger partial charge in [0.15, 0.2) is 5.78 Å². The van der Waals surface area contributed by atoms with E-state index in [2.05, 4.69) is 0 Å². The van der Waals surface area contributed by atoms with Gasteiger partial charge in [0.2, 0.25) is 0 Å². The zero-order chi connectivity index (χ0) is 7.11. The maximum absolute atomic E-state index is 10.5. The van der Waals surface area contributed by atoms with Crippen LogP contribution in [0.5, 0.6) is 0 Å². The van der Waals surface area contributed by atoms with Crippen LogP contribution in [0.3, 0.4) is 0 Å². The van der Waals surface area contributed by atoms with Crippen LogP contribution in [-0.2, 0) is 9.53 Å². The first-order chi connectivity index (χ1) is 4.31. The molecule has 0 saturated carbocycles. The molecule has 0 aromatic heterocycles. The van der Waals surface area contributed by atoms with E-state index in [-0.39, 0.29) is 5.78 Å². The standard InChI is InChI=1S/C7H12O2/c1-3-7(8)5-4-6-9-2/h4-5H,3,6H2,1-2H3. The molecular formula is C7H12O2. The molecule has 0 radical (unpaired) electrons. The summed E-state index contributed by atoms with van der Waals surface area (Å²) < 4.78 is 4.70. The summed E-state index contributed by atoms with van der Waals surface area (Å²) in [6.07, 6.45) is 3.83. The molecule has 9 heavy (non-hydrogen) atoms. The summed E-state index contributed by atoms with van der Waals surface area (Å²) in [7, 11) is 1.60. The average Bonchev–Trinajstić information content (AvgIpc) is 1.89. The van der Waals surface area contributed by atoms with Crippen LogP contribution in [0, 0.1) is 0 Å². The third-order valence-electron chi connectivity index (χ3n) is 0.915. The van der Waals surface area contributed by atoms with Crippen LogP contribution in [-0.4, -0.2) is 19.5 Å². The molecule has 0 heterocycles. The Hall–Kier alpha value is -0.630. The molecule has 0 aliphatic rings. The van der Waals surface area contributed by atoms with E-state index in [1.807, 2.05) is 6.92 Å². The summed E-state index contributed by atoms with van der Waals surface area (Å²) in [5.41, 5.74) is 0. The third kappa shape index (κ3) is 5.24. The Morgan fingerprint density at radius 1 is 1.67 bits per heavy atom. The number of allylic oxidation sites excluding steroid dienone is 1. The van der Waals surface area contributed by atoms with Crippen molar-refractivity contribution < 1.29 is 9.53 Å². The van der Waals surface area contributed by atoms with Gasteiger partial charge in [0.1, 0.15) is 0 Å². The van der Waals surface area contributed by atoms with E-state index >= 15 is 0 Å². The molecule has 0 spiro atoms. The first-order valence-electron chi connectivity index (χ1n) is 2.99. The molecule has 0 aromatic rings. The van der Waals surface area contributed by atoms with Crippen LogP contribution in [0.2, 0.25) is 0 Å². The number of carbonyl (C=O) groups excluding carboxylic acids is 1. The topological polar surface area (TPSA) is 26.3 Å². The molecule has 52 valence electrons. The fourth-order valence-corrected chi connectivity index (χ4v) is 0.394. The maximum Gasteiger partial charge on any atom is 0.155 e. The van der Waals surface area contributed by atoms with E-state index in [1.165, 1.54) is 0 Å². The molecule has 0 aromatic carbocycles. The van der Waals surface area contributed by atoms with Crippen LogP contribution in [0.4, 0.5) is 0 Å². The van der Waals surface area contributed by atoms with Gasteiger partial charge in [-0.25, -0.2) is 0 Å². The van der Waals surface area contributed by atoms with Crippen molar-refractivity contribution in [1.29, 1.82) is 0 Å². The Labute approximate surface area is 55.5 Å². The number of ketones is 1. The fraction of sp³-hybridized carbons (Fsp3) is 0.571. The third-order valence-corrected chi connectivity index (χ3v) is 0.915. The van der Waals surface area contributed by atoms with Gasteiger partial charge in [0, 0.05) is 13.5 Å². The summed E-state index contributed by atoms with van der Waals surface area (Å²) in [5.74, 6) is 0.145. The summed E-state index contributed by atoms with van der Waals surface area (Å²) in [4.78, 5) is 10.5. The second-order valence-electron chi connectivity index (χ2n) is 1.68. The van der Waals surface area contributed by atoms with Crippen molar-refractivity contribution in [2.75, 3.05) is 13.7 Å². The molecule has 0 aliphatic heterocycles. The predicted molar refractivity (Wildman–Crippen MR) is 36.3 cm³/mol. The van der Waals surface area contributed by atoms with Gasteiger partial charge in [-0.3, -0.25) is 4.79 Å². The van der Waals surface area contributed by atoms with E-state index in [0.29, 0.717) is 13.0 Å². The molecule has 0 N–H and O–H groups in total. The van der Waals surface area contributed by atoms with E-state index < -0.39 is 0 Å². The molecule has 0 fully saturated rings. The highest BCUT2D eigenvalue weighted by Crippen LogP contribution is 1.82. The molecule has 2 heteroatoms. The molecule has 0 saturated heterocycles. The van der Waals surface area contributed by atoms with Gasteiger partial charge >= 0.3 is 0 Å². The second kappa shape index (κ2) is 5.51. The smallest absolute Gasteiger partial charge is 0.155 e. The van der Waals surface area contributed by atoms with Gasteiger partial charge in [-0.2, -0.15) is 0 Å². The lowest BCUT2D eigenvalue weighted by Crippen LogP contribution is -1.89. The minimum Gasteiger partial charge on any atom is -0.381 e. The monoisotopic (exact) mass is 128 g/mol. The maximum atomic E-state index is 10.5. The molecule has 0 aliphatic carbocycles. The van der Waals surface area contributed by atoms with Gasteiger partial charge < -0.3 is 4.74 Å². The first kappa shape index (κ1) is 8.37. The molecule has 0 atom stereocenters. The zero-order valence-corrected chi connectivity index (χ0v) is 5.89. The number of carbonyl (C=O) groups is 1. The Morgan fingerprint density at radius 3 is 2.78 bits per heavy atom. The Bertz CT molecular complexity index is 105. The Balaban J connectivity index is 3.32. The normalized spacial score (nSPS) is 10.4. The van der Waals surface area contributed by atoms with E-state index in [1.54, 1.807) is 19.3 Å². The minimum atomic E-state index is 0.145. The van der Waals surface area contributed by atoms with Crippen LogP contribution in [0.25, 0.3) is 0 Å². The first-order valence-corrected chi connectivity index (χ1v) is 2.99. The largest absolute Gasteiger partial charge is 0.381 e. The van der Waals surface area contributed by atoms with Gasteiger partial charge in [-0.1, -0.05) is 13.0 Å². The van der Waals surface area contributed by atoms with Crippen molar-refractivity contribution in [3.05, 3.63) is 12.2 Å². The lowest BCUT2D eigenvalue weighted by molar-refractivity contribution is -0.114. The molecule has 0 bridgehead atoms. The minimum absolute atomic E-state index is 0.145.